The quantitative estimate of drug-likeness (QED) is 0.801. The number of aromatic nitrogens is 2. The lowest BCUT2D eigenvalue weighted by Gasteiger charge is -2.36. The number of aryl methyl sites for hydroxylation is 2. The summed E-state index contributed by atoms with van der Waals surface area (Å²) in [6.07, 6.45) is 2.40. The maximum Gasteiger partial charge on any atom is 0.272 e. The van der Waals surface area contributed by atoms with Crippen molar-refractivity contribution in [2.24, 2.45) is 5.92 Å². The Morgan fingerprint density at radius 3 is 2.52 bits per heavy atom. The van der Waals surface area contributed by atoms with Crippen LogP contribution >= 0.6 is 0 Å². The molecular formula is C23H31N5O. The Labute approximate surface area is 173 Å². The highest BCUT2D eigenvalue weighted by atomic mass is 16.2. The maximum atomic E-state index is 13.1. The van der Waals surface area contributed by atoms with E-state index in [1.807, 2.05) is 17.9 Å². The molecular weight excluding hydrogens is 362 g/mol. The molecule has 29 heavy (non-hydrogen) atoms. The molecule has 1 atom stereocenters. The molecule has 0 N–H and O–H groups in total. The van der Waals surface area contributed by atoms with Crippen molar-refractivity contribution in [3.63, 3.8) is 0 Å². The van der Waals surface area contributed by atoms with Gasteiger partial charge in [0.2, 0.25) is 5.95 Å². The number of carbonyl (C=O) groups excluding carboxylic acids is 1. The summed E-state index contributed by atoms with van der Waals surface area (Å²) in [5.74, 6) is 1.37. The third-order valence-electron chi connectivity index (χ3n) is 5.94. The molecule has 3 heterocycles. The first-order valence-electron chi connectivity index (χ1n) is 10.7. The molecule has 2 aliphatic rings. The molecule has 6 nitrogen and oxygen atoms in total. The standard InChI is InChI=1S/C23H31N5O/c1-17-6-4-8-20(14-17)26-10-12-27(13-11-26)22(29)21-15-19(3)24-23(25-21)28-9-5-7-18(2)16-28/h4,6,8,14-15,18H,5,7,9-13,16H2,1-3H3. The van der Waals surface area contributed by atoms with Gasteiger partial charge in [0.1, 0.15) is 5.69 Å². The van der Waals surface area contributed by atoms with Crippen LogP contribution in [0.1, 0.15) is 41.5 Å². The van der Waals surface area contributed by atoms with E-state index >= 15 is 0 Å². The van der Waals surface area contributed by atoms with Crippen LogP contribution in [0, 0.1) is 19.8 Å². The lowest BCUT2D eigenvalue weighted by Crippen LogP contribution is -2.49. The Bertz CT molecular complexity index is 875. The van der Waals surface area contributed by atoms with E-state index in [2.05, 4.69) is 57.9 Å². The van der Waals surface area contributed by atoms with Crippen molar-refractivity contribution in [3.05, 3.63) is 47.3 Å². The topological polar surface area (TPSA) is 52.6 Å². The van der Waals surface area contributed by atoms with Crippen LogP contribution in [-0.4, -0.2) is 60.0 Å². The Morgan fingerprint density at radius 2 is 1.79 bits per heavy atom. The first kappa shape index (κ1) is 19.7. The van der Waals surface area contributed by atoms with Crippen molar-refractivity contribution in [3.8, 4) is 0 Å². The van der Waals surface area contributed by atoms with Gasteiger partial charge in [-0.15, -0.1) is 0 Å². The predicted molar refractivity (Wildman–Crippen MR) is 117 cm³/mol. The van der Waals surface area contributed by atoms with Gasteiger partial charge in [-0.25, -0.2) is 9.97 Å². The summed E-state index contributed by atoms with van der Waals surface area (Å²) in [4.78, 5) is 28.9. The van der Waals surface area contributed by atoms with Crippen molar-refractivity contribution < 1.29 is 4.79 Å². The molecule has 1 aromatic carbocycles. The number of nitrogens with zero attached hydrogens (tertiary/aromatic N) is 5. The van der Waals surface area contributed by atoms with Crippen molar-refractivity contribution in [1.82, 2.24) is 14.9 Å². The van der Waals surface area contributed by atoms with E-state index in [4.69, 9.17) is 0 Å². The Kier molecular flexibility index (Phi) is 5.69. The van der Waals surface area contributed by atoms with Gasteiger partial charge in [-0.05, 0) is 56.4 Å². The van der Waals surface area contributed by atoms with Gasteiger partial charge in [0.05, 0.1) is 0 Å². The van der Waals surface area contributed by atoms with E-state index in [0.717, 1.165) is 38.3 Å². The molecule has 1 amide bonds. The second kappa shape index (κ2) is 8.39. The minimum absolute atomic E-state index is 0.0192. The molecule has 2 saturated heterocycles. The average molecular weight is 394 g/mol. The fourth-order valence-electron chi connectivity index (χ4n) is 4.33. The first-order valence-corrected chi connectivity index (χ1v) is 10.7. The zero-order chi connectivity index (χ0) is 20.4. The van der Waals surface area contributed by atoms with E-state index in [-0.39, 0.29) is 5.91 Å². The molecule has 4 rings (SSSR count). The summed E-state index contributed by atoms with van der Waals surface area (Å²) < 4.78 is 0. The summed E-state index contributed by atoms with van der Waals surface area (Å²) >= 11 is 0. The number of anilines is 2. The average Bonchev–Trinajstić information content (AvgIpc) is 2.73. The van der Waals surface area contributed by atoms with Crippen molar-refractivity contribution in [2.45, 2.75) is 33.6 Å². The van der Waals surface area contributed by atoms with Crippen molar-refractivity contribution in [2.75, 3.05) is 49.1 Å². The van der Waals surface area contributed by atoms with E-state index < -0.39 is 0 Å². The largest absolute Gasteiger partial charge is 0.368 e. The van der Waals surface area contributed by atoms with Gasteiger partial charge in [0.15, 0.2) is 0 Å². The summed E-state index contributed by atoms with van der Waals surface area (Å²) in [6, 6.07) is 10.4. The van der Waals surface area contributed by atoms with Crippen LogP contribution in [0.25, 0.3) is 0 Å². The van der Waals surface area contributed by atoms with Crippen LogP contribution in [0.2, 0.25) is 0 Å². The molecule has 2 fully saturated rings. The Hall–Kier alpha value is -2.63. The molecule has 1 unspecified atom stereocenters. The lowest BCUT2D eigenvalue weighted by molar-refractivity contribution is 0.0740. The van der Waals surface area contributed by atoms with Gasteiger partial charge in [-0.1, -0.05) is 19.1 Å². The third-order valence-corrected chi connectivity index (χ3v) is 5.94. The fraction of sp³-hybridized carbons (Fsp3) is 0.522. The monoisotopic (exact) mass is 393 g/mol. The lowest BCUT2D eigenvalue weighted by atomic mass is 10.0. The predicted octanol–water partition coefficient (Wildman–Crippen LogP) is 3.29. The van der Waals surface area contributed by atoms with Gasteiger partial charge in [-0.2, -0.15) is 0 Å². The number of hydrogen-bond acceptors (Lipinski definition) is 5. The normalized spacial score (nSPS) is 20.1. The highest BCUT2D eigenvalue weighted by molar-refractivity contribution is 5.93. The van der Waals surface area contributed by atoms with Gasteiger partial charge >= 0.3 is 0 Å². The number of rotatable bonds is 3. The summed E-state index contributed by atoms with van der Waals surface area (Å²) in [6.45, 7) is 11.4. The molecule has 154 valence electrons. The molecule has 2 aliphatic heterocycles. The summed E-state index contributed by atoms with van der Waals surface area (Å²) in [5, 5.41) is 0. The van der Waals surface area contributed by atoms with E-state index in [0.29, 0.717) is 30.6 Å². The van der Waals surface area contributed by atoms with Crippen molar-refractivity contribution >= 4 is 17.5 Å². The van der Waals surface area contributed by atoms with Gasteiger partial charge in [0, 0.05) is 50.6 Å². The van der Waals surface area contributed by atoms with Crippen LogP contribution in [0.3, 0.4) is 0 Å². The fourth-order valence-corrected chi connectivity index (χ4v) is 4.33. The molecule has 0 radical (unpaired) electrons. The minimum atomic E-state index is 0.0192. The highest BCUT2D eigenvalue weighted by Crippen LogP contribution is 2.22. The van der Waals surface area contributed by atoms with Crippen LogP contribution < -0.4 is 9.80 Å². The number of hydrogen-bond donors (Lipinski definition) is 0. The molecule has 0 saturated carbocycles. The Balaban J connectivity index is 1.45. The zero-order valence-electron chi connectivity index (χ0n) is 17.8. The van der Waals surface area contributed by atoms with Crippen molar-refractivity contribution in [1.29, 1.82) is 0 Å². The summed E-state index contributed by atoms with van der Waals surface area (Å²) in [5.41, 5.74) is 3.87. The molecule has 0 spiro atoms. The van der Waals surface area contributed by atoms with E-state index in [9.17, 15) is 4.79 Å². The van der Waals surface area contributed by atoms with E-state index in [1.165, 1.54) is 17.7 Å². The SMILES string of the molecule is Cc1cccc(N2CCN(C(=O)c3cc(C)nc(N4CCCC(C)C4)n3)CC2)c1. The van der Waals surface area contributed by atoms with Gasteiger partial charge in [0.25, 0.3) is 5.91 Å². The van der Waals surface area contributed by atoms with Crippen LogP contribution in [-0.2, 0) is 0 Å². The number of carbonyl (C=O) groups is 1. The molecule has 1 aromatic heterocycles. The molecule has 0 aliphatic carbocycles. The van der Waals surface area contributed by atoms with Gasteiger partial charge in [-0.3, -0.25) is 4.79 Å². The smallest absolute Gasteiger partial charge is 0.272 e. The molecule has 0 bridgehead atoms. The second-order valence-corrected chi connectivity index (χ2v) is 8.51. The zero-order valence-corrected chi connectivity index (χ0v) is 17.8. The number of benzene rings is 1. The van der Waals surface area contributed by atoms with Crippen LogP contribution in [0.5, 0.6) is 0 Å². The summed E-state index contributed by atoms with van der Waals surface area (Å²) in [7, 11) is 0. The van der Waals surface area contributed by atoms with Gasteiger partial charge < -0.3 is 14.7 Å². The second-order valence-electron chi connectivity index (χ2n) is 8.51. The number of amides is 1. The maximum absolute atomic E-state index is 13.1. The first-order chi connectivity index (χ1) is 14.0. The number of piperidine rings is 1. The molecule has 2 aromatic rings. The minimum Gasteiger partial charge on any atom is -0.368 e. The molecule has 6 heteroatoms. The third kappa shape index (κ3) is 4.52. The van der Waals surface area contributed by atoms with Crippen LogP contribution in [0.15, 0.2) is 30.3 Å². The Morgan fingerprint density at radius 1 is 1.00 bits per heavy atom. The number of piperazine rings is 1. The van der Waals surface area contributed by atoms with Crippen LogP contribution in [0.4, 0.5) is 11.6 Å². The van der Waals surface area contributed by atoms with E-state index in [1.54, 1.807) is 0 Å². The highest BCUT2D eigenvalue weighted by Gasteiger charge is 2.25.